The van der Waals surface area contributed by atoms with E-state index in [2.05, 4.69) is 5.32 Å². The summed E-state index contributed by atoms with van der Waals surface area (Å²) in [4.78, 5) is 0. The molecule has 2 rings (SSSR count). The summed E-state index contributed by atoms with van der Waals surface area (Å²) in [5.41, 5.74) is -0.113. The number of alkyl halides is 3. The number of hydrogen-bond acceptors (Lipinski definition) is 1. The zero-order valence-electron chi connectivity index (χ0n) is 11.1. The number of anilines is 1. The highest BCUT2D eigenvalue weighted by Crippen LogP contribution is 2.33. The van der Waals surface area contributed by atoms with Gasteiger partial charge in [-0.05, 0) is 31.2 Å². The summed E-state index contributed by atoms with van der Waals surface area (Å²) in [6.07, 6.45) is -4.77. The predicted octanol–water partition coefficient (Wildman–Crippen LogP) is 4.90. The summed E-state index contributed by atoms with van der Waals surface area (Å²) in [5, 5.41) is 2.66. The van der Waals surface area contributed by atoms with Crippen molar-refractivity contribution in [2.45, 2.75) is 19.6 Å². The Hall–Kier alpha value is -2.11. The first-order chi connectivity index (χ1) is 9.77. The van der Waals surface area contributed by atoms with Gasteiger partial charge >= 0.3 is 6.18 Å². The van der Waals surface area contributed by atoms with E-state index < -0.39 is 23.4 Å². The Morgan fingerprint density at radius 1 is 0.952 bits per heavy atom. The van der Waals surface area contributed by atoms with E-state index in [1.807, 2.05) is 0 Å². The number of nitrogens with one attached hydrogen (secondary N) is 1. The number of aryl methyl sites for hydroxylation is 1. The minimum absolute atomic E-state index is 0.0104. The van der Waals surface area contributed by atoms with E-state index in [1.165, 1.54) is 12.1 Å². The van der Waals surface area contributed by atoms with Gasteiger partial charge in [0.05, 0.1) is 5.56 Å². The van der Waals surface area contributed by atoms with Gasteiger partial charge in [0.2, 0.25) is 0 Å². The topological polar surface area (TPSA) is 12.0 Å². The van der Waals surface area contributed by atoms with Crippen molar-refractivity contribution < 1.29 is 22.0 Å². The van der Waals surface area contributed by atoms with Crippen molar-refractivity contribution in [1.82, 2.24) is 0 Å². The third-order valence-electron chi connectivity index (χ3n) is 2.96. The lowest BCUT2D eigenvalue weighted by atomic mass is 10.1. The molecule has 0 fully saturated rings. The molecule has 1 N–H and O–H groups in total. The minimum Gasteiger partial charge on any atom is -0.381 e. The summed E-state index contributed by atoms with van der Waals surface area (Å²) in [5.74, 6) is -1.79. The van der Waals surface area contributed by atoms with Crippen LogP contribution in [0.25, 0.3) is 0 Å². The fourth-order valence-electron chi connectivity index (χ4n) is 1.89. The molecule has 0 radical (unpaired) electrons. The van der Waals surface area contributed by atoms with Crippen LogP contribution >= 0.6 is 0 Å². The van der Waals surface area contributed by atoms with Gasteiger partial charge < -0.3 is 5.32 Å². The third-order valence-corrected chi connectivity index (χ3v) is 2.96. The lowest BCUT2D eigenvalue weighted by Crippen LogP contribution is -2.09. The summed E-state index contributed by atoms with van der Waals surface area (Å²) >= 11 is 0. The van der Waals surface area contributed by atoms with E-state index in [0.29, 0.717) is 11.6 Å². The molecule has 2 aromatic carbocycles. The fourth-order valence-corrected chi connectivity index (χ4v) is 1.89. The van der Waals surface area contributed by atoms with Crippen LogP contribution in [0.3, 0.4) is 0 Å². The zero-order chi connectivity index (χ0) is 15.6. The van der Waals surface area contributed by atoms with Crippen LogP contribution in [0, 0.1) is 18.6 Å². The standard InChI is InChI=1S/C15H12F5N/c1-9-2-4-13(16)10(6-9)8-21-11-3-5-14(17)12(7-11)15(18,19)20/h2-7,21H,8H2,1H3. The largest absolute Gasteiger partial charge is 0.419 e. The average Bonchev–Trinajstić information content (AvgIpc) is 2.40. The molecule has 21 heavy (non-hydrogen) atoms. The second kappa shape index (κ2) is 5.71. The first kappa shape index (κ1) is 15.3. The molecule has 2 aromatic rings. The van der Waals surface area contributed by atoms with Crippen LogP contribution in [0.5, 0.6) is 0 Å². The van der Waals surface area contributed by atoms with Gasteiger partial charge in [0, 0.05) is 17.8 Å². The van der Waals surface area contributed by atoms with Crippen molar-refractivity contribution in [3.63, 3.8) is 0 Å². The molecular formula is C15H12F5N. The second-order valence-electron chi connectivity index (χ2n) is 4.64. The van der Waals surface area contributed by atoms with Gasteiger partial charge in [-0.1, -0.05) is 17.7 Å². The molecule has 0 unspecified atom stereocenters. The average molecular weight is 301 g/mol. The van der Waals surface area contributed by atoms with Crippen molar-refractivity contribution in [2.24, 2.45) is 0 Å². The Bertz CT molecular complexity index is 649. The molecule has 6 heteroatoms. The summed E-state index contributed by atoms with van der Waals surface area (Å²) < 4.78 is 64.4. The first-order valence-electron chi connectivity index (χ1n) is 6.13. The quantitative estimate of drug-likeness (QED) is 0.795. The van der Waals surface area contributed by atoms with Crippen molar-refractivity contribution >= 4 is 5.69 Å². The molecule has 0 aliphatic rings. The fraction of sp³-hybridized carbons (Fsp3) is 0.200. The van der Waals surface area contributed by atoms with Crippen molar-refractivity contribution in [1.29, 1.82) is 0 Å². The van der Waals surface area contributed by atoms with E-state index in [9.17, 15) is 22.0 Å². The van der Waals surface area contributed by atoms with E-state index in [4.69, 9.17) is 0 Å². The highest BCUT2D eigenvalue weighted by atomic mass is 19.4. The van der Waals surface area contributed by atoms with Crippen LogP contribution in [-0.2, 0) is 12.7 Å². The maximum Gasteiger partial charge on any atom is 0.419 e. The van der Waals surface area contributed by atoms with Crippen LogP contribution in [0.1, 0.15) is 16.7 Å². The van der Waals surface area contributed by atoms with E-state index >= 15 is 0 Å². The van der Waals surface area contributed by atoms with Gasteiger partial charge in [-0.2, -0.15) is 13.2 Å². The summed E-state index contributed by atoms with van der Waals surface area (Å²) in [6.45, 7) is 1.79. The SMILES string of the molecule is Cc1ccc(F)c(CNc2ccc(F)c(C(F)(F)F)c2)c1. The molecule has 112 valence electrons. The van der Waals surface area contributed by atoms with Gasteiger partial charge in [0.15, 0.2) is 0 Å². The molecular weight excluding hydrogens is 289 g/mol. The van der Waals surface area contributed by atoms with E-state index in [-0.39, 0.29) is 12.2 Å². The summed E-state index contributed by atoms with van der Waals surface area (Å²) in [6, 6.07) is 7.06. The van der Waals surface area contributed by atoms with Gasteiger partial charge in [0.1, 0.15) is 11.6 Å². The predicted molar refractivity (Wildman–Crippen MR) is 69.9 cm³/mol. The number of hydrogen-bond donors (Lipinski definition) is 1. The highest BCUT2D eigenvalue weighted by molar-refractivity contribution is 5.47. The molecule has 0 aromatic heterocycles. The third kappa shape index (κ3) is 3.71. The smallest absolute Gasteiger partial charge is 0.381 e. The van der Waals surface area contributed by atoms with E-state index in [0.717, 1.165) is 11.6 Å². The Balaban J connectivity index is 2.19. The lowest BCUT2D eigenvalue weighted by Gasteiger charge is -2.12. The van der Waals surface area contributed by atoms with Gasteiger partial charge in [0.25, 0.3) is 0 Å². The lowest BCUT2D eigenvalue weighted by molar-refractivity contribution is -0.139. The van der Waals surface area contributed by atoms with E-state index in [1.54, 1.807) is 19.1 Å². The van der Waals surface area contributed by atoms with Crippen LogP contribution in [0.4, 0.5) is 27.6 Å². The molecule has 0 saturated carbocycles. The molecule has 0 bridgehead atoms. The molecule has 0 amide bonds. The first-order valence-corrected chi connectivity index (χ1v) is 6.13. The van der Waals surface area contributed by atoms with Crippen LogP contribution < -0.4 is 5.32 Å². The Morgan fingerprint density at radius 3 is 2.29 bits per heavy atom. The molecule has 0 atom stereocenters. The van der Waals surface area contributed by atoms with Gasteiger partial charge in [-0.3, -0.25) is 0 Å². The molecule has 0 saturated heterocycles. The maximum absolute atomic E-state index is 13.5. The second-order valence-corrected chi connectivity index (χ2v) is 4.64. The van der Waals surface area contributed by atoms with Crippen molar-refractivity contribution in [2.75, 3.05) is 5.32 Å². The molecule has 1 nitrogen and oxygen atoms in total. The zero-order valence-corrected chi connectivity index (χ0v) is 11.1. The Morgan fingerprint density at radius 2 is 1.62 bits per heavy atom. The Kier molecular flexibility index (Phi) is 4.16. The maximum atomic E-state index is 13.5. The van der Waals surface area contributed by atoms with Crippen LogP contribution in [0.15, 0.2) is 36.4 Å². The number of rotatable bonds is 3. The number of benzene rings is 2. The van der Waals surface area contributed by atoms with Crippen LogP contribution in [0.2, 0.25) is 0 Å². The minimum atomic E-state index is -4.77. The summed E-state index contributed by atoms with van der Waals surface area (Å²) in [7, 11) is 0. The molecule has 0 heterocycles. The molecule has 0 spiro atoms. The Labute approximate surface area is 118 Å². The van der Waals surface area contributed by atoms with Crippen molar-refractivity contribution in [3.05, 3.63) is 64.7 Å². The van der Waals surface area contributed by atoms with Gasteiger partial charge in [-0.15, -0.1) is 0 Å². The molecule has 0 aliphatic heterocycles. The van der Waals surface area contributed by atoms with Crippen molar-refractivity contribution in [3.8, 4) is 0 Å². The van der Waals surface area contributed by atoms with Crippen LogP contribution in [-0.4, -0.2) is 0 Å². The highest BCUT2D eigenvalue weighted by Gasteiger charge is 2.34. The molecule has 0 aliphatic carbocycles. The van der Waals surface area contributed by atoms with Gasteiger partial charge in [-0.25, -0.2) is 8.78 Å². The normalized spacial score (nSPS) is 11.5. The monoisotopic (exact) mass is 301 g/mol. The number of halogens is 5.